The molecule has 6 heteroatoms. The van der Waals surface area contributed by atoms with Crippen LogP contribution >= 0.6 is 12.2 Å². The number of halogens is 1. The Morgan fingerprint density at radius 2 is 2.14 bits per heavy atom. The molecule has 1 fully saturated rings. The van der Waals surface area contributed by atoms with Gasteiger partial charge in [-0.15, -0.1) is 0 Å². The molecular formula is C15H19FN2O2S. The van der Waals surface area contributed by atoms with Gasteiger partial charge in [-0.05, 0) is 30.5 Å². The fourth-order valence-electron chi connectivity index (χ4n) is 2.88. The van der Waals surface area contributed by atoms with Crippen LogP contribution < -0.4 is 4.74 Å². The molecule has 0 unspecified atom stereocenters. The van der Waals surface area contributed by atoms with Crippen molar-refractivity contribution in [3.63, 3.8) is 0 Å². The SMILES string of the molecule is COc1cc2c(cc1F)[nH]c(=S)n2CC1(C)CCOCC1. The molecule has 0 bridgehead atoms. The summed E-state index contributed by atoms with van der Waals surface area (Å²) in [5.74, 6) is -0.145. The zero-order valence-electron chi connectivity index (χ0n) is 12.2. The number of hydrogen-bond donors (Lipinski definition) is 1. The Hall–Kier alpha value is -1.40. The smallest absolute Gasteiger partial charge is 0.178 e. The summed E-state index contributed by atoms with van der Waals surface area (Å²) in [4.78, 5) is 3.08. The van der Waals surface area contributed by atoms with Gasteiger partial charge in [-0.3, -0.25) is 0 Å². The standard InChI is InChI=1S/C15H19FN2O2S/c1-15(3-5-20-6-4-15)9-18-12-8-13(19-2)10(16)7-11(12)17-14(18)21/h7-8H,3-6,9H2,1-2H3,(H,17,21). The van der Waals surface area contributed by atoms with E-state index in [2.05, 4.69) is 11.9 Å². The van der Waals surface area contributed by atoms with Gasteiger partial charge in [-0.2, -0.15) is 0 Å². The first-order valence-electron chi connectivity index (χ1n) is 7.06. The number of H-pyrrole nitrogens is 1. The van der Waals surface area contributed by atoms with Crippen molar-refractivity contribution < 1.29 is 13.9 Å². The van der Waals surface area contributed by atoms with Crippen molar-refractivity contribution in [2.45, 2.75) is 26.3 Å². The highest BCUT2D eigenvalue weighted by atomic mass is 32.1. The minimum Gasteiger partial charge on any atom is -0.494 e. The molecule has 0 spiro atoms. The first-order valence-corrected chi connectivity index (χ1v) is 7.47. The van der Waals surface area contributed by atoms with Crippen LogP contribution in [0.1, 0.15) is 19.8 Å². The second-order valence-electron chi connectivity index (χ2n) is 5.94. The average molecular weight is 310 g/mol. The van der Waals surface area contributed by atoms with Crippen LogP contribution in [0.5, 0.6) is 5.75 Å². The highest BCUT2D eigenvalue weighted by Crippen LogP contribution is 2.34. The number of imidazole rings is 1. The first kappa shape index (κ1) is 14.5. The number of rotatable bonds is 3. The zero-order valence-corrected chi connectivity index (χ0v) is 13.1. The molecule has 0 saturated carbocycles. The van der Waals surface area contributed by atoms with E-state index in [1.165, 1.54) is 13.2 Å². The average Bonchev–Trinajstić information content (AvgIpc) is 2.73. The Bertz CT molecular complexity index is 716. The maximum atomic E-state index is 13.8. The highest BCUT2D eigenvalue weighted by molar-refractivity contribution is 7.71. The Morgan fingerprint density at radius 1 is 1.43 bits per heavy atom. The maximum absolute atomic E-state index is 13.8. The van der Waals surface area contributed by atoms with Gasteiger partial charge in [0.05, 0.1) is 18.1 Å². The van der Waals surface area contributed by atoms with Gasteiger partial charge in [-0.25, -0.2) is 4.39 Å². The van der Waals surface area contributed by atoms with Crippen molar-refractivity contribution in [2.24, 2.45) is 5.41 Å². The summed E-state index contributed by atoms with van der Waals surface area (Å²) >= 11 is 5.41. The molecule has 2 aromatic rings. The number of aromatic amines is 1. The van der Waals surface area contributed by atoms with Crippen LogP contribution in [0.2, 0.25) is 0 Å². The van der Waals surface area contributed by atoms with E-state index in [4.69, 9.17) is 21.7 Å². The second kappa shape index (κ2) is 5.42. The van der Waals surface area contributed by atoms with E-state index in [1.807, 2.05) is 4.57 Å². The third-order valence-electron chi connectivity index (χ3n) is 4.29. The molecule has 1 aromatic heterocycles. The maximum Gasteiger partial charge on any atom is 0.178 e. The molecule has 1 aromatic carbocycles. The largest absolute Gasteiger partial charge is 0.494 e. The third-order valence-corrected chi connectivity index (χ3v) is 4.61. The van der Waals surface area contributed by atoms with Crippen molar-refractivity contribution >= 4 is 23.3 Å². The van der Waals surface area contributed by atoms with E-state index in [0.29, 0.717) is 10.3 Å². The molecule has 0 amide bonds. The normalized spacial score (nSPS) is 18.0. The van der Waals surface area contributed by atoms with Crippen molar-refractivity contribution in [3.05, 3.63) is 22.7 Å². The lowest BCUT2D eigenvalue weighted by Gasteiger charge is -2.33. The molecule has 1 N–H and O–H groups in total. The molecule has 1 aliphatic rings. The summed E-state index contributed by atoms with van der Waals surface area (Å²) < 4.78 is 27.0. The minimum atomic E-state index is -0.384. The lowest BCUT2D eigenvalue weighted by atomic mass is 9.82. The molecule has 0 aliphatic carbocycles. The number of aromatic nitrogens is 2. The lowest BCUT2D eigenvalue weighted by molar-refractivity contribution is 0.0158. The lowest BCUT2D eigenvalue weighted by Crippen LogP contribution is -2.31. The van der Waals surface area contributed by atoms with Crippen molar-refractivity contribution in [3.8, 4) is 5.75 Å². The van der Waals surface area contributed by atoms with Gasteiger partial charge in [0.15, 0.2) is 16.3 Å². The van der Waals surface area contributed by atoms with E-state index in [9.17, 15) is 4.39 Å². The Labute approximate surface area is 127 Å². The molecular weight excluding hydrogens is 291 g/mol. The van der Waals surface area contributed by atoms with Gasteiger partial charge >= 0.3 is 0 Å². The molecule has 3 rings (SSSR count). The molecule has 21 heavy (non-hydrogen) atoms. The number of hydrogen-bond acceptors (Lipinski definition) is 3. The van der Waals surface area contributed by atoms with Crippen LogP contribution in [-0.2, 0) is 11.3 Å². The van der Waals surface area contributed by atoms with Crippen LogP contribution in [-0.4, -0.2) is 29.9 Å². The van der Waals surface area contributed by atoms with Crippen LogP contribution in [0.25, 0.3) is 11.0 Å². The van der Waals surface area contributed by atoms with Crippen molar-refractivity contribution in [1.29, 1.82) is 0 Å². The minimum absolute atomic E-state index is 0.146. The van der Waals surface area contributed by atoms with Crippen molar-refractivity contribution in [2.75, 3.05) is 20.3 Å². The molecule has 1 saturated heterocycles. The number of methoxy groups -OCH3 is 1. The van der Waals surface area contributed by atoms with E-state index in [-0.39, 0.29) is 17.0 Å². The molecule has 4 nitrogen and oxygen atoms in total. The van der Waals surface area contributed by atoms with Gasteiger partial charge in [0.1, 0.15) is 0 Å². The monoisotopic (exact) mass is 310 g/mol. The summed E-state index contributed by atoms with van der Waals surface area (Å²) in [6.07, 6.45) is 2.00. The number of benzene rings is 1. The van der Waals surface area contributed by atoms with Gasteiger partial charge in [-0.1, -0.05) is 6.92 Å². The van der Waals surface area contributed by atoms with Crippen LogP contribution in [0, 0.1) is 16.0 Å². The molecule has 0 radical (unpaired) electrons. The van der Waals surface area contributed by atoms with E-state index < -0.39 is 0 Å². The quantitative estimate of drug-likeness (QED) is 0.879. The fourth-order valence-corrected chi connectivity index (χ4v) is 3.15. The fraction of sp³-hybridized carbons (Fsp3) is 0.533. The molecule has 114 valence electrons. The topological polar surface area (TPSA) is 39.2 Å². The number of ether oxygens (including phenoxy) is 2. The molecule has 1 aliphatic heterocycles. The van der Waals surface area contributed by atoms with Crippen LogP contribution in [0.3, 0.4) is 0 Å². The number of fused-ring (bicyclic) bond motifs is 1. The first-order chi connectivity index (χ1) is 10.0. The summed E-state index contributed by atoms with van der Waals surface area (Å²) in [5.41, 5.74) is 1.73. The summed E-state index contributed by atoms with van der Waals surface area (Å²) in [7, 11) is 1.47. The Balaban J connectivity index is 2.05. The second-order valence-corrected chi connectivity index (χ2v) is 6.33. The van der Waals surface area contributed by atoms with Gasteiger partial charge in [0, 0.05) is 31.9 Å². The van der Waals surface area contributed by atoms with Gasteiger partial charge < -0.3 is 19.0 Å². The van der Waals surface area contributed by atoms with E-state index in [1.54, 1.807) is 6.07 Å². The number of nitrogens with zero attached hydrogens (tertiary/aromatic N) is 1. The summed E-state index contributed by atoms with van der Waals surface area (Å²) in [6, 6.07) is 3.15. The molecule has 0 atom stereocenters. The van der Waals surface area contributed by atoms with E-state index in [0.717, 1.165) is 38.1 Å². The highest BCUT2D eigenvalue weighted by Gasteiger charge is 2.28. The predicted octanol–water partition coefficient (Wildman–Crippen LogP) is 3.66. The summed E-state index contributed by atoms with van der Waals surface area (Å²) in [6.45, 7) is 4.61. The third kappa shape index (κ3) is 2.70. The van der Waals surface area contributed by atoms with E-state index >= 15 is 0 Å². The molecule has 2 heterocycles. The Morgan fingerprint density at radius 3 is 2.81 bits per heavy atom. The zero-order chi connectivity index (χ0) is 15.0. The summed E-state index contributed by atoms with van der Waals surface area (Å²) in [5, 5.41) is 0. The van der Waals surface area contributed by atoms with Gasteiger partial charge in [0.2, 0.25) is 0 Å². The number of nitrogens with one attached hydrogen (secondary N) is 1. The van der Waals surface area contributed by atoms with Crippen LogP contribution in [0.4, 0.5) is 4.39 Å². The van der Waals surface area contributed by atoms with Gasteiger partial charge in [0.25, 0.3) is 0 Å². The predicted molar refractivity (Wildman–Crippen MR) is 81.8 cm³/mol. The Kier molecular flexibility index (Phi) is 3.75. The van der Waals surface area contributed by atoms with Crippen LogP contribution in [0.15, 0.2) is 12.1 Å². The van der Waals surface area contributed by atoms with Crippen molar-refractivity contribution in [1.82, 2.24) is 9.55 Å².